The maximum Gasteiger partial charge on any atom is 0.239 e. The molecular weight excluding hydrogens is 274 g/mol. The first-order chi connectivity index (χ1) is 8.66. The van der Waals surface area contributed by atoms with Gasteiger partial charge in [0.2, 0.25) is 11.8 Å². The van der Waals surface area contributed by atoms with Gasteiger partial charge in [0.15, 0.2) is 0 Å². The van der Waals surface area contributed by atoms with E-state index < -0.39 is 0 Å². The van der Waals surface area contributed by atoms with Crippen LogP contribution < -0.4 is 5.32 Å². The van der Waals surface area contributed by atoms with Crippen LogP contribution in [0.25, 0.3) is 0 Å². The molecule has 1 aliphatic heterocycles. The van der Waals surface area contributed by atoms with E-state index in [1.165, 1.54) is 11.8 Å². The van der Waals surface area contributed by atoms with Gasteiger partial charge in [0.25, 0.3) is 0 Å². The second-order valence-electron chi connectivity index (χ2n) is 3.74. The Morgan fingerprint density at radius 1 is 1.61 bits per heavy atom. The molecule has 2 amide bonds. The van der Waals surface area contributed by atoms with Gasteiger partial charge in [-0.25, -0.2) is 4.98 Å². The number of rotatable bonds is 3. The molecule has 0 bridgehead atoms. The Hall–Kier alpha value is -1.27. The number of aromatic nitrogens is 1. The number of nitrogens with one attached hydrogen (secondary N) is 1. The van der Waals surface area contributed by atoms with Crippen LogP contribution in [-0.2, 0) is 9.59 Å². The number of hydrogen-bond donors (Lipinski definition) is 1. The fraction of sp³-hybridized carbons (Fsp3) is 0.364. The summed E-state index contributed by atoms with van der Waals surface area (Å²) in [7, 11) is 0. The highest BCUT2D eigenvalue weighted by molar-refractivity contribution is 8.00. The minimum atomic E-state index is -0.115. The molecule has 1 fully saturated rings. The topological polar surface area (TPSA) is 62.3 Å². The lowest BCUT2D eigenvalue weighted by Gasteiger charge is -2.26. The number of carbonyl (C=O) groups excluding carboxylic acids is 2. The Balaban J connectivity index is 1.88. The monoisotopic (exact) mass is 285 g/mol. The average molecular weight is 286 g/mol. The molecule has 1 saturated heterocycles. The summed E-state index contributed by atoms with van der Waals surface area (Å²) >= 11 is 7.23. The number of piperazine rings is 1. The molecule has 0 unspecified atom stereocenters. The highest BCUT2D eigenvalue weighted by atomic mass is 35.5. The van der Waals surface area contributed by atoms with E-state index in [1.54, 1.807) is 23.2 Å². The summed E-state index contributed by atoms with van der Waals surface area (Å²) < 4.78 is 0. The van der Waals surface area contributed by atoms with Gasteiger partial charge in [0, 0.05) is 19.3 Å². The second-order valence-corrected chi connectivity index (χ2v) is 5.12. The molecule has 96 valence electrons. The van der Waals surface area contributed by atoms with Crippen molar-refractivity contribution in [2.45, 2.75) is 5.03 Å². The molecule has 1 aromatic rings. The van der Waals surface area contributed by atoms with Gasteiger partial charge in [-0.15, -0.1) is 0 Å². The summed E-state index contributed by atoms with van der Waals surface area (Å²) in [6.45, 7) is 1.20. The Labute approximate surface area is 114 Å². The number of hydrogen-bond acceptors (Lipinski definition) is 4. The molecule has 0 saturated carbocycles. The van der Waals surface area contributed by atoms with Gasteiger partial charge in [0.05, 0.1) is 17.3 Å². The number of halogens is 1. The zero-order valence-corrected chi connectivity index (χ0v) is 11.1. The predicted molar refractivity (Wildman–Crippen MR) is 69.6 cm³/mol. The van der Waals surface area contributed by atoms with E-state index in [-0.39, 0.29) is 24.1 Å². The van der Waals surface area contributed by atoms with Crippen LogP contribution in [0.1, 0.15) is 0 Å². The molecule has 2 rings (SSSR count). The summed E-state index contributed by atoms with van der Waals surface area (Å²) in [5.74, 6) is 0.0522. The first kappa shape index (κ1) is 13.2. The molecule has 0 spiro atoms. The molecule has 2 heterocycles. The van der Waals surface area contributed by atoms with Crippen molar-refractivity contribution in [3.63, 3.8) is 0 Å². The second kappa shape index (κ2) is 6.06. The van der Waals surface area contributed by atoms with Crippen molar-refractivity contribution in [3.8, 4) is 0 Å². The van der Waals surface area contributed by atoms with Gasteiger partial charge in [-0.3, -0.25) is 9.59 Å². The van der Waals surface area contributed by atoms with Crippen LogP contribution in [0.4, 0.5) is 0 Å². The van der Waals surface area contributed by atoms with E-state index in [9.17, 15) is 9.59 Å². The minimum Gasteiger partial charge on any atom is -0.353 e. The zero-order chi connectivity index (χ0) is 13.0. The number of carbonyl (C=O) groups is 2. The van der Waals surface area contributed by atoms with Crippen molar-refractivity contribution in [2.24, 2.45) is 0 Å². The third-order valence-electron chi connectivity index (χ3n) is 2.45. The lowest BCUT2D eigenvalue weighted by molar-refractivity contribution is -0.136. The van der Waals surface area contributed by atoms with Crippen LogP contribution in [0.15, 0.2) is 23.4 Å². The number of pyridine rings is 1. The molecule has 0 atom stereocenters. The molecule has 1 N–H and O–H groups in total. The third-order valence-corrected chi connectivity index (χ3v) is 3.86. The molecule has 7 heteroatoms. The molecule has 1 aromatic heterocycles. The first-order valence-corrected chi connectivity index (χ1v) is 6.81. The fourth-order valence-electron chi connectivity index (χ4n) is 1.55. The first-order valence-electron chi connectivity index (χ1n) is 5.44. The summed E-state index contributed by atoms with van der Waals surface area (Å²) in [6, 6.07) is 3.47. The molecule has 0 aliphatic carbocycles. The molecule has 18 heavy (non-hydrogen) atoms. The van der Waals surface area contributed by atoms with Crippen LogP contribution in [0.2, 0.25) is 5.02 Å². The van der Waals surface area contributed by atoms with E-state index in [2.05, 4.69) is 10.3 Å². The Kier molecular flexibility index (Phi) is 4.43. The summed E-state index contributed by atoms with van der Waals surface area (Å²) in [5.41, 5.74) is 0. The van der Waals surface area contributed by atoms with Gasteiger partial charge in [-0.05, 0) is 12.1 Å². The average Bonchev–Trinajstić information content (AvgIpc) is 2.37. The predicted octanol–water partition coefficient (Wildman–Crippen LogP) is 0.786. The van der Waals surface area contributed by atoms with Crippen molar-refractivity contribution in [1.82, 2.24) is 15.2 Å². The van der Waals surface area contributed by atoms with E-state index in [4.69, 9.17) is 11.6 Å². The van der Waals surface area contributed by atoms with Crippen LogP contribution >= 0.6 is 23.4 Å². The van der Waals surface area contributed by atoms with Crippen molar-refractivity contribution < 1.29 is 9.59 Å². The zero-order valence-electron chi connectivity index (χ0n) is 9.56. The van der Waals surface area contributed by atoms with Crippen molar-refractivity contribution >= 4 is 35.2 Å². The van der Waals surface area contributed by atoms with Gasteiger partial charge in [0.1, 0.15) is 5.03 Å². The molecule has 1 aliphatic rings. The fourth-order valence-corrected chi connectivity index (χ4v) is 2.62. The Bertz CT molecular complexity index is 469. The molecule has 5 nitrogen and oxygen atoms in total. The lowest BCUT2D eigenvalue weighted by Crippen LogP contribution is -2.50. The van der Waals surface area contributed by atoms with Crippen molar-refractivity contribution in [1.29, 1.82) is 0 Å². The van der Waals surface area contributed by atoms with E-state index in [0.29, 0.717) is 23.1 Å². The summed E-state index contributed by atoms with van der Waals surface area (Å²) in [4.78, 5) is 28.7. The number of amides is 2. The number of nitrogens with zero attached hydrogens (tertiary/aromatic N) is 2. The standard InChI is InChI=1S/C11H12ClN3O2S/c12-8-2-1-3-14-11(8)18-7-10(17)15-5-4-13-9(16)6-15/h1-3H,4-7H2,(H,13,16). The Morgan fingerprint density at radius 2 is 2.44 bits per heavy atom. The quantitative estimate of drug-likeness (QED) is 0.834. The lowest BCUT2D eigenvalue weighted by atomic mass is 10.3. The van der Waals surface area contributed by atoms with E-state index >= 15 is 0 Å². The SMILES string of the molecule is O=C1CN(C(=O)CSc2ncccc2Cl)CCN1. The normalized spacial score (nSPS) is 15.4. The van der Waals surface area contributed by atoms with E-state index in [1.807, 2.05) is 0 Å². The van der Waals surface area contributed by atoms with Crippen molar-refractivity contribution in [2.75, 3.05) is 25.4 Å². The van der Waals surface area contributed by atoms with Crippen molar-refractivity contribution in [3.05, 3.63) is 23.4 Å². The number of thioether (sulfide) groups is 1. The highest BCUT2D eigenvalue weighted by Crippen LogP contribution is 2.24. The third kappa shape index (κ3) is 3.36. The van der Waals surface area contributed by atoms with E-state index in [0.717, 1.165) is 0 Å². The van der Waals surface area contributed by atoms with Crippen LogP contribution in [0.3, 0.4) is 0 Å². The van der Waals surface area contributed by atoms with Crippen LogP contribution in [0, 0.1) is 0 Å². The van der Waals surface area contributed by atoms with Crippen LogP contribution in [0.5, 0.6) is 0 Å². The minimum absolute atomic E-state index is 0.0726. The van der Waals surface area contributed by atoms with Gasteiger partial charge in [-0.1, -0.05) is 23.4 Å². The Morgan fingerprint density at radius 3 is 3.17 bits per heavy atom. The highest BCUT2D eigenvalue weighted by Gasteiger charge is 2.21. The molecule has 0 aromatic carbocycles. The van der Waals surface area contributed by atoms with Crippen LogP contribution in [-0.4, -0.2) is 47.1 Å². The largest absolute Gasteiger partial charge is 0.353 e. The van der Waals surface area contributed by atoms with Gasteiger partial charge >= 0.3 is 0 Å². The maximum atomic E-state index is 11.9. The molecular formula is C11H12ClN3O2S. The summed E-state index contributed by atoms with van der Waals surface area (Å²) in [6.07, 6.45) is 1.63. The molecule has 0 radical (unpaired) electrons. The van der Waals surface area contributed by atoms with Gasteiger partial charge < -0.3 is 10.2 Å². The van der Waals surface area contributed by atoms with Gasteiger partial charge in [-0.2, -0.15) is 0 Å². The smallest absolute Gasteiger partial charge is 0.239 e. The maximum absolute atomic E-state index is 11.9. The summed E-state index contributed by atoms with van der Waals surface area (Å²) in [5, 5.41) is 3.84.